The second kappa shape index (κ2) is 8.73. The molecule has 34 heavy (non-hydrogen) atoms. The minimum Gasteiger partial charge on any atom is -0.480 e. The lowest BCUT2D eigenvalue weighted by atomic mass is 9.74. The van der Waals surface area contributed by atoms with Gasteiger partial charge in [0.05, 0.1) is 4.90 Å². The van der Waals surface area contributed by atoms with Crippen molar-refractivity contribution < 1.29 is 48.7 Å². The number of carbonyl (C=O) groups is 1. The summed E-state index contributed by atoms with van der Waals surface area (Å²) in [4.78, 5) is 10.7. The van der Waals surface area contributed by atoms with Crippen LogP contribution in [0.2, 0.25) is 5.02 Å². The lowest BCUT2D eigenvalue weighted by Crippen LogP contribution is -2.61. The third kappa shape index (κ3) is 4.39. The number of hydrogen-bond acceptors (Lipinski definition) is 5. The smallest absolute Gasteiger partial charge is 0.480 e. The molecule has 3 rings (SSSR count). The van der Waals surface area contributed by atoms with Gasteiger partial charge >= 0.3 is 21.5 Å². The molecule has 2 aromatic rings. The van der Waals surface area contributed by atoms with Gasteiger partial charge in [0.2, 0.25) is 0 Å². The topological polar surface area (TPSA) is 109 Å². The van der Waals surface area contributed by atoms with Gasteiger partial charge in [-0.15, -0.1) is 0 Å². The van der Waals surface area contributed by atoms with Gasteiger partial charge in [-0.25, -0.2) is 25.6 Å². The molecule has 1 N–H and O–H groups in total. The van der Waals surface area contributed by atoms with Crippen molar-refractivity contribution in [2.24, 2.45) is 0 Å². The summed E-state index contributed by atoms with van der Waals surface area (Å²) in [7, 11) is -10.9. The quantitative estimate of drug-likeness (QED) is 0.530. The van der Waals surface area contributed by atoms with Gasteiger partial charge in [0.1, 0.15) is 22.9 Å². The maximum absolute atomic E-state index is 14.7. The zero-order valence-electron chi connectivity index (χ0n) is 16.8. The van der Waals surface area contributed by atoms with Crippen molar-refractivity contribution in [2.75, 3.05) is 6.54 Å². The highest BCUT2D eigenvalue weighted by Crippen LogP contribution is 2.54. The van der Waals surface area contributed by atoms with Crippen molar-refractivity contribution in [3.05, 3.63) is 64.7 Å². The Balaban J connectivity index is 2.16. The Hall–Kier alpha value is -2.29. The predicted octanol–water partition coefficient (Wildman–Crippen LogP) is 3.69. The van der Waals surface area contributed by atoms with Crippen LogP contribution in [0, 0.1) is 11.6 Å². The molecule has 1 fully saturated rings. The molecule has 0 saturated heterocycles. The number of alkyl halides is 3. The number of halogens is 6. The molecule has 1 aliphatic carbocycles. The van der Waals surface area contributed by atoms with Crippen LogP contribution >= 0.6 is 11.6 Å². The number of hydrogen-bond donors (Lipinski definition) is 1. The second-order valence-corrected chi connectivity index (χ2v) is 12.1. The molecule has 186 valence electrons. The molecule has 2 aromatic carbocycles. The first kappa shape index (κ1) is 26.3. The summed E-state index contributed by atoms with van der Waals surface area (Å²) in [5, 5.41) is 9.10. The van der Waals surface area contributed by atoms with Gasteiger partial charge in [0, 0.05) is 16.6 Å². The fourth-order valence-electron chi connectivity index (χ4n) is 3.85. The van der Waals surface area contributed by atoms with Crippen LogP contribution < -0.4 is 0 Å². The van der Waals surface area contributed by atoms with Crippen LogP contribution in [0.1, 0.15) is 18.4 Å². The van der Waals surface area contributed by atoms with E-state index < -0.39 is 83.6 Å². The van der Waals surface area contributed by atoms with E-state index in [0.717, 1.165) is 12.1 Å². The number of carboxylic acids is 1. The Labute approximate surface area is 195 Å². The monoisotopic (exact) mass is 547 g/mol. The summed E-state index contributed by atoms with van der Waals surface area (Å²) in [6, 6.07) is 4.56. The van der Waals surface area contributed by atoms with Gasteiger partial charge in [-0.1, -0.05) is 11.6 Å². The molecular formula is C19H15ClF5NO6S2. The van der Waals surface area contributed by atoms with Gasteiger partial charge < -0.3 is 5.11 Å². The van der Waals surface area contributed by atoms with E-state index in [-0.39, 0.29) is 9.33 Å². The Morgan fingerprint density at radius 1 is 1.06 bits per heavy atom. The van der Waals surface area contributed by atoms with Crippen LogP contribution in [0.15, 0.2) is 47.4 Å². The normalized spacial score (nSPS) is 21.3. The number of aliphatic carboxylic acids is 1. The van der Waals surface area contributed by atoms with Crippen molar-refractivity contribution in [2.45, 2.75) is 34.0 Å². The van der Waals surface area contributed by atoms with E-state index in [1.54, 1.807) is 0 Å². The number of sulfone groups is 1. The lowest BCUT2D eigenvalue weighted by Gasteiger charge is -2.50. The van der Waals surface area contributed by atoms with E-state index in [1.807, 2.05) is 0 Å². The van der Waals surface area contributed by atoms with Gasteiger partial charge in [-0.2, -0.15) is 17.5 Å². The molecule has 0 unspecified atom stereocenters. The SMILES string of the molecule is O=C(O)CN([C@H]1C[C@](c2cc(F)ccc2F)(S(=O)(=O)c2ccc(Cl)cc2)C1)S(=O)(=O)C(F)(F)F. The highest BCUT2D eigenvalue weighted by Gasteiger charge is 2.62. The zero-order chi connectivity index (χ0) is 25.7. The van der Waals surface area contributed by atoms with Gasteiger partial charge in [-0.3, -0.25) is 4.79 Å². The van der Waals surface area contributed by atoms with E-state index >= 15 is 0 Å². The highest BCUT2D eigenvalue weighted by atomic mass is 35.5. The fraction of sp³-hybridized carbons (Fsp3) is 0.316. The van der Waals surface area contributed by atoms with E-state index in [9.17, 15) is 43.6 Å². The van der Waals surface area contributed by atoms with Gasteiger partial charge in [-0.05, 0) is 55.3 Å². The number of nitrogens with zero attached hydrogens (tertiary/aromatic N) is 1. The van der Waals surface area contributed by atoms with E-state index in [2.05, 4.69) is 0 Å². The summed E-state index contributed by atoms with van der Waals surface area (Å²) in [6.45, 7) is -1.62. The zero-order valence-corrected chi connectivity index (χ0v) is 19.1. The molecular weight excluding hydrogens is 533 g/mol. The summed E-state index contributed by atoms with van der Waals surface area (Å²) in [5.41, 5.74) is -6.60. The first-order chi connectivity index (χ1) is 15.5. The Morgan fingerprint density at radius 3 is 2.12 bits per heavy atom. The third-order valence-corrected chi connectivity index (χ3v) is 9.84. The van der Waals surface area contributed by atoms with Crippen molar-refractivity contribution in [3.63, 3.8) is 0 Å². The minimum absolute atomic E-state index is 0.139. The summed E-state index contributed by atoms with van der Waals surface area (Å²) >= 11 is 5.75. The summed E-state index contributed by atoms with van der Waals surface area (Å²) in [6.07, 6.45) is -1.91. The first-order valence-electron chi connectivity index (χ1n) is 9.28. The molecule has 0 aromatic heterocycles. The van der Waals surface area contributed by atoms with E-state index in [4.69, 9.17) is 16.7 Å². The Kier molecular flexibility index (Phi) is 6.76. The predicted molar refractivity (Wildman–Crippen MR) is 109 cm³/mol. The van der Waals surface area contributed by atoms with Crippen LogP contribution in [-0.4, -0.2) is 50.3 Å². The van der Waals surface area contributed by atoms with Gasteiger partial charge in [0.25, 0.3) is 0 Å². The Bertz CT molecular complexity index is 1320. The molecule has 15 heteroatoms. The van der Waals surface area contributed by atoms with Crippen molar-refractivity contribution in [1.82, 2.24) is 4.31 Å². The molecule has 0 bridgehead atoms. The number of sulfonamides is 1. The van der Waals surface area contributed by atoms with Gasteiger partial charge in [0.15, 0.2) is 9.84 Å². The highest BCUT2D eigenvalue weighted by molar-refractivity contribution is 7.92. The average Bonchev–Trinajstić information content (AvgIpc) is 2.67. The molecule has 0 aliphatic heterocycles. The van der Waals surface area contributed by atoms with Crippen LogP contribution in [-0.2, 0) is 29.4 Å². The molecule has 7 nitrogen and oxygen atoms in total. The lowest BCUT2D eigenvalue weighted by molar-refractivity contribution is -0.138. The van der Waals surface area contributed by atoms with E-state index in [1.165, 1.54) is 12.1 Å². The standard InChI is InChI=1S/C19H15ClF5NO6S2/c20-11-1-4-14(5-2-11)33(29,30)18(15-7-12(21)3-6-16(15)22)8-13(9-18)26(10-17(27)28)34(31,32)19(23,24)25/h1-7,13H,8-10H2,(H,27,28)/t13-,18-. The van der Waals surface area contributed by atoms with Crippen LogP contribution in [0.25, 0.3) is 0 Å². The maximum atomic E-state index is 14.7. The molecule has 0 amide bonds. The summed E-state index contributed by atoms with van der Waals surface area (Å²) in [5.74, 6) is -4.17. The molecule has 0 atom stereocenters. The molecule has 0 heterocycles. The number of carboxylic acid groups (broad SMARTS) is 1. The average molecular weight is 548 g/mol. The Morgan fingerprint density at radius 2 is 1.62 bits per heavy atom. The fourth-order valence-corrected chi connectivity index (χ4v) is 7.28. The maximum Gasteiger partial charge on any atom is 0.511 e. The molecule has 0 radical (unpaired) electrons. The van der Waals surface area contributed by atoms with Crippen molar-refractivity contribution >= 4 is 37.4 Å². The molecule has 1 saturated carbocycles. The third-order valence-electron chi connectivity index (χ3n) is 5.49. The number of rotatable bonds is 7. The molecule has 0 spiro atoms. The van der Waals surface area contributed by atoms with Crippen LogP contribution in [0.5, 0.6) is 0 Å². The van der Waals surface area contributed by atoms with Crippen LogP contribution in [0.3, 0.4) is 0 Å². The molecule has 1 aliphatic rings. The largest absolute Gasteiger partial charge is 0.511 e. The summed E-state index contributed by atoms with van der Waals surface area (Å²) < 4.78 is 116. The second-order valence-electron chi connectivity index (χ2n) is 7.53. The van der Waals surface area contributed by atoms with Crippen LogP contribution in [0.4, 0.5) is 22.0 Å². The van der Waals surface area contributed by atoms with Crippen molar-refractivity contribution in [3.8, 4) is 0 Å². The first-order valence-corrected chi connectivity index (χ1v) is 12.6. The van der Waals surface area contributed by atoms with Crippen molar-refractivity contribution in [1.29, 1.82) is 0 Å². The minimum atomic E-state index is -6.19. The number of benzene rings is 2. The van der Waals surface area contributed by atoms with E-state index in [0.29, 0.717) is 18.2 Å².